The molecule has 0 saturated carbocycles. The predicted octanol–water partition coefficient (Wildman–Crippen LogP) is 4.44. The molecular weight excluding hydrogens is 512 g/mol. The summed E-state index contributed by atoms with van der Waals surface area (Å²) in [7, 11) is 3.67. The molecule has 2 aromatic carbocycles. The lowest BCUT2D eigenvalue weighted by molar-refractivity contribution is -0.139. The molecule has 3 atom stereocenters. The van der Waals surface area contributed by atoms with Crippen LogP contribution in [0.25, 0.3) is 0 Å². The van der Waals surface area contributed by atoms with Crippen LogP contribution in [0.5, 0.6) is 0 Å². The number of thioether (sulfide) groups is 1. The first kappa shape index (κ1) is 23.6. The monoisotopic (exact) mass is 534 g/mol. The Balaban J connectivity index is 1.60. The number of likely N-dealkylation sites (N-methyl/N-ethyl adjacent to an activating group) is 2. The summed E-state index contributed by atoms with van der Waals surface area (Å²) in [4.78, 5) is 38.8. The van der Waals surface area contributed by atoms with Crippen molar-refractivity contribution in [2.75, 3.05) is 25.5 Å². The van der Waals surface area contributed by atoms with Gasteiger partial charge in [-0.3, -0.25) is 24.4 Å². The molecule has 2 saturated heterocycles. The Morgan fingerprint density at radius 1 is 1.08 bits per heavy atom. The number of hydrogen-bond donors (Lipinski definition) is 0. The second-order valence-electron chi connectivity index (χ2n) is 9.44. The van der Waals surface area contributed by atoms with Crippen molar-refractivity contribution in [3.63, 3.8) is 0 Å². The van der Waals surface area contributed by atoms with Gasteiger partial charge in [-0.2, -0.15) is 0 Å². The van der Waals surface area contributed by atoms with Crippen molar-refractivity contribution >= 4 is 57.4 Å². The number of fused-ring (bicyclic) bond motifs is 3. The van der Waals surface area contributed by atoms with Crippen molar-refractivity contribution in [3.05, 3.63) is 94.8 Å². The van der Waals surface area contributed by atoms with E-state index in [4.69, 9.17) is 23.8 Å². The van der Waals surface area contributed by atoms with Crippen LogP contribution in [0, 0.1) is 0 Å². The van der Waals surface area contributed by atoms with Crippen molar-refractivity contribution in [1.82, 2.24) is 14.8 Å². The number of nitrogens with zero attached hydrogens (tertiary/aromatic N) is 4. The molecule has 0 aliphatic carbocycles. The summed E-state index contributed by atoms with van der Waals surface area (Å²) in [5.41, 5.74) is 2.09. The van der Waals surface area contributed by atoms with E-state index in [1.54, 1.807) is 35.3 Å². The SMILES string of the molecule is CN1C(=O)[C@@]2(c3cc(Cl)ccc31)N(C)C[C@@H](c1cccnc1)[C@@]21SC(=S)N(Cc2ccccc2)C1=O. The first-order valence-electron chi connectivity index (χ1n) is 11.6. The second kappa shape index (κ2) is 8.38. The van der Waals surface area contributed by atoms with Crippen LogP contribution in [-0.2, 0) is 21.7 Å². The topological polar surface area (TPSA) is 56.8 Å². The third-order valence-corrected chi connectivity index (χ3v) is 9.86. The molecule has 6 nitrogen and oxygen atoms in total. The lowest BCUT2D eigenvalue weighted by atomic mass is 9.72. The lowest BCUT2D eigenvalue weighted by Gasteiger charge is -2.42. The van der Waals surface area contributed by atoms with E-state index in [-0.39, 0.29) is 17.7 Å². The fourth-order valence-electron chi connectivity index (χ4n) is 6.15. The third kappa shape index (κ3) is 2.96. The Bertz CT molecular complexity index is 1410. The van der Waals surface area contributed by atoms with Gasteiger partial charge in [0.15, 0.2) is 5.54 Å². The number of pyridine rings is 1. The summed E-state index contributed by atoms with van der Waals surface area (Å²) < 4.78 is -0.754. The molecule has 0 radical (unpaired) electrons. The number of carbonyl (C=O) groups excluding carboxylic acids is 2. The van der Waals surface area contributed by atoms with Crippen molar-refractivity contribution < 1.29 is 9.59 Å². The molecule has 3 aliphatic rings. The molecule has 0 bridgehead atoms. The lowest BCUT2D eigenvalue weighted by Crippen LogP contribution is -2.62. The predicted molar refractivity (Wildman–Crippen MR) is 146 cm³/mol. The Labute approximate surface area is 224 Å². The Morgan fingerprint density at radius 3 is 2.58 bits per heavy atom. The van der Waals surface area contributed by atoms with Crippen LogP contribution < -0.4 is 4.90 Å². The number of hydrogen-bond acceptors (Lipinski definition) is 6. The highest BCUT2D eigenvalue weighted by atomic mass is 35.5. The van der Waals surface area contributed by atoms with Crippen LogP contribution in [0.15, 0.2) is 73.1 Å². The Hall–Kier alpha value is -2.78. The van der Waals surface area contributed by atoms with Crippen molar-refractivity contribution in [1.29, 1.82) is 0 Å². The molecule has 3 aromatic rings. The summed E-state index contributed by atoms with van der Waals surface area (Å²) >= 11 is 13.7. The molecule has 0 N–H and O–H groups in total. The quantitative estimate of drug-likeness (QED) is 0.463. The molecule has 9 heteroatoms. The fourth-order valence-corrected chi connectivity index (χ4v) is 8.45. The van der Waals surface area contributed by atoms with E-state index in [0.717, 1.165) is 22.4 Å². The first-order valence-corrected chi connectivity index (χ1v) is 13.2. The van der Waals surface area contributed by atoms with Gasteiger partial charge < -0.3 is 4.90 Å². The minimum atomic E-state index is -1.28. The fraction of sp³-hybridized carbons (Fsp3) is 0.259. The van der Waals surface area contributed by atoms with E-state index in [1.807, 2.05) is 66.5 Å². The highest BCUT2D eigenvalue weighted by Gasteiger charge is 2.78. The number of halogens is 1. The summed E-state index contributed by atoms with van der Waals surface area (Å²) in [6.45, 7) is 0.830. The molecule has 182 valence electrons. The molecule has 6 rings (SSSR count). The zero-order chi connectivity index (χ0) is 25.2. The zero-order valence-electron chi connectivity index (χ0n) is 19.7. The summed E-state index contributed by atoms with van der Waals surface area (Å²) in [5.74, 6) is -0.636. The normalized spacial score (nSPS) is 27.6. The minimum Gasteiger partial charge on any atom is -0.313 e. The summed E-state index contributed by atoms with van der Waals surface area (Å²) in [6.07, 6.45) is 3.50. The van der Waals surface area contributed by atoms with Crippen molar-refractivity contribution in [2.45, 2.75) is 22.7 Å². The molecule has 3 aliphatic heterocycles. The van der Waals surface area contributed by atoms with E-state index in [2.05, 4.69) is 4.98 Å². The molecule has 2 fully saturated rings. The van der Waals surface area contributed by atoms with Gasteiger partial charge in [0.25, 0.3) is 5.91 Å². The molecule has 0 unspecified atom stereocenters. The van der Waals surface area contributed by atoms with Gasteiger partial charge in [-0.1, -0.05) is 72.0 Å². The number of likely N-dealkylation sites (tertiary alicyclic amines) is 1. The van der Waals surface area contributed by atoms with Crippen molar-refractivity contribution in [2.24, 2.45) is 0 Å². The van der Waals surface area contributed by atoms with Crippen LogP contribution in [0.4, 0.5) is 5.69 Å². The number of rotatable bonds is 3. The van der Waals surface area contributed by atoms with Crippen molar-refractivity contribution in [3.8, 4) is 0 Å². The average Bonchev–Trinajstić information content (AvgIpc) is 3.38. The van der Waals surface area contributed by atoms with E-state index in [9.17, 15) is 9.59 Å². The van der Waals surface area contributed by atoms with E-state index < -0.39 is 10.3 Å². The number of aromatic nitrogens is 1. The molecule has 2 amide bonds. The van der Waals surface area contributed by atoms with Gasteiger partial charge in [0.05, 0.1) is 6.54 Å². The van der Waals surface area contributed by atoms with Crippen LogP contribution in [0.3, 0.4) is 0 Å². The van der Waals surface area contributed by atoms with Gasteiger partial charge in [0, 0.05) is 48.2 Å². The van der Waals surface area contributed by atoms with Crippen LogP contribution in [-0.4, -0.2) is 56.3 Å². The number of carbonyl (C=O) groups is 2. The maximum absolute atomic E-state index is 14.7. The largest absolute Gasteiger partial charge is 0.313 e. The Kier molecular flexibility index (Phi) is 5.50. The van der Waals surface area contributed by atoms with Crippen LogP contribution in [0.1, 0.15) is 22.6 Å². The highest BCUT2D eigenvalue weighted by molar-refractivity contribution is 8.25. The van der Waals surface area contributed by atoms with E-state index in [1.165, 1.54) is 11.8 Å². The van der Waals surface area contributed by atoms with Gasteiger partial charge in [-0.25, -0.2) is 0 Å². The molecule has 4 heterocycles. The van der Waals surface area contributed by atoms with Gasteiger partial charge in [0.2, 0.25) is 5.91 Å². The average molecular weight is 535 g/mol. The van der Waals surface area contributed by atoms with E-state index in [0.29, 0.717) is 22.4 Å². The number of thiocarbonyl (C=S) groups is 1. The molecule has 1 aromatic heterocycles. The number of benzene rings is 2. The first-order chi connectivity index (χ1) is 17.3. The molecule has 2 spiro atoms. The van der Waals surface area contributed by atoms with Gasteiger partial charge in [-0.05, 0) is 42.4 Å². The van der Waals surface area contributed by atoms with Crippen LogP contribution in [0.2, 0.25) is 5.02 Å². The van der Waals surface area contributed by atoms with Crippen LogP contribution >= 0.6 is 35.6 Å². The summed E-state index contributed by atoms with van der Waals surface area (Å²) in [5, 5.41) is 0.517. The highest BCUT2D eigenvalue weighted by Crippen LogP contribution is 2.66. The number of amides is 2. The molecular formula is C27H23ClN4O2S2. The zero-order valence-corrected chi connectivity index (χ0v) is 22.1. The van der Waals surface area contributed by atoms with Gasteiger partial charge >= 0.3 is 0 Å². The number of anilines is 1. The van der Waals surface area contributed by atoms with Gasteiger partial charge in [0.1, 0.15) is 9.07 Å². The smallest absolute Gasteiger partial charge is 0.254 e. The maximum Gasteiger partial charge on any atom is 0.254 e. The second-order valence-corrected chi connectivity index (χ2v) is 11.8. The molecule has 36 heavy (non-hydrogen) atoms. The van der Waals surface area contributed by atoms with E-state index >= 15 is 0 Å². The maximum atomic E-state index is 14.7. The third-order valence-electron chi connectivity index (χ3n) is 7.68. The summed E-state index contributed by atoms with van der Waals surface area (Å²) in [6, 6.07) is 19.1. The van der Waals surface area contributed by atoms with Gasteiger partial charge in [-0.15, -0.1) is 0 Å². The Morgan fingerprint density at radius 2 is 1.86 bits per heavy atom. The minimum absolute atomic E-state index is 0.154. The standard InChI is InChI=1S/C27H23ClN4O2S2/c1-30-16-21(18-9-6-12-29-14-18)27(24(34)32(25(35)36-27)15-17-7-4-3-5-8-17)26(30)20-13-19(28)10-11-22(20)31(2)23(26)33/h3-14,21H,15-16H2,1-2H3/t21-,26+,27-/m0/s1.